The van der Waals surface area contributed by atoms with Gasteiger partial charge in [0.15, 0.2) is 0 Å². The van der Waals surface area contributed by atoms with Crippen LogP contribution in [0.15, 0.2) is 24.3 Å². The highest BCUT2D eigenvalue weighted by molar-refractivity contribution is 5.89. The normalized spacial score (nSPS) is 31.3. The lowest BCUT2D eigenvalue weighted by molar-refractivity contribution is 0.0693. The van der Waals surface area contributed by atoms with Gasteiger partial charge in [0.05, 0.1) is 5.56 Å². The van der Waals surface area contributed by atoms with Crippen LogP contribution < -0.4 is 0 Å². The number of rotatable bonds is 3. The summed E-state index contributed by atoms with van der Waals surface area (Å²) in [6.07, 6.45) is 3.75. The second-order valence-corrected chi connectivity index (χ2v) is 8.08. The van der Waals surface area contributed by atoms with E-state index in [0.717, 1.165) is 18.7 Å². The Kier molecular flexibility index (Phi) is 3.36. The summed E-state index contributed by atoms with van der Waals surface area (Å²) in [4.78, 5) is 13.9. The molecule has 0 radical (unpaired) electrons. The number of nitrogens with zero attached hydrogens (tertiary/aromatic N) is 1. The number of hydrogen-bond donors (Lipinski definition) is 1. The number of aromatic carboxylic acids is 1. The van der Waals surface area contributed by atoms with E-state index in [1.54, 1.807) is 12.1 Å². The Hall–Kier alpha value is -1.35. The molecule has 2 unspecified atom stereocenters. The molecule has 114 valence electrons. The van der Waals surface area contributed by atoms with E-state index in [-0.39, 0.29) is 0 Å². The minimum Gasteiger partial charge on any atom is -0.478 e. The van der Waals surface area contributed by atoms with Gasteiger partial charge in [-0.25, -0.2) is 4.79 Å². The molecule has 0 amide bonds. The molecule has 1 N–H and O–H groups in total. The number of carboxylic acids is 1. The Labute approximate surface area is 127 Å². The fourth-order valence-corrected chi connectivity index (χ4v) is 4.85. The van der Waals surface area contributed by atoms with E-state index in [9.17, 15) is 9.90 Å². The van der Waals surface area contributed by atoms with Gasteiger partial charge in [-0.05, 0) is 41.7 Å². The Morgan fingerprint density at radius 1 is 1.29 bits per heavy atom. The quantitative estimate of drug-likeness (QED) is 0.919. The Bertz CT molecular complexity index is 566. The van der Waals surface area contributed by atoms with Crippen LogP contribution in [-0.2, 0) is 6.54 Å². The molecule has 1 saturated heterocycles. The van der Waals surface area contributed by atoms with Gasteiger partial charge in [-0.15, -0.1) is 0 Å². The molecule has 2 fully saturated rings. The first kappa shape index (κ1) is 14.6. The van der Waals surface area contributed by atoms with Crippen LogP contribution >= 0.6 is 0 Å². The summed E-state index contributed by atoms with van der Waals surface area (Å²) in [7, 11) is 0. The van der Waals surface area contributed by atoms with Crippen LogP contribution in [0.2, 0.25) is 0 Å². The molecule has 1 heterocycles. The molecule has 1 aliphatic carbocycles. The fourth-order valence-electron chi connectivity index (χ4n) is 4.85. The summed E-state index contributed by atoms with van der Waals surface area (Å²) in [6.45, 7) is 8.98. The molecule has 1 saturated carbocycles. The number of carbonyl (C=O) groups is 1. The second kappa shape index (κ2) is 4.84. The molecule has 2 bridgehead atoms. The van der Waals surface area contributed by atoms with Crippen LogP contribution in [-0.4, -0.2) is 28.6 Å². The van der Waals surface area contributed by atoms with Crippen molar-refractivity contribution in [2.45, 2.75) is 52.6 Å². The molecule has 2 atom stereocenters. The molecular formula is C18H25NO2. The van der Waals surface area contributed by atoms with Gasteiger partial charge in [0.25, 0.3) is 0 Å². The van der Waals surface area contributed by atoms with Crippen molar-refractivity contribution >= 4 is 5.97 Å². The molecule has 1 aromatic rings. The predicted octanol–water partition coefficient (Wildman–Crippen LogP) is 3.79. The summed E-state index contributed by atoms with van der Waals surface area (Å²) >= 11 is 0. The maximum atomic E-state index is 11.4. The number of fused-ring (bicyclic) bond motifs is 2. The molecule has 3 heteroatoms. The monoisotopic (exact) mass is 287 g/mol. The fraction of sp³-hybridized carbons (Fsp3) is 0.611. The van der Waals surface area contributed by atoms with Gasteiger partial charge in [-0.1, -0.05) is 39.0 Å². The van der Waals surface area contributed by atoms with E-state index in [0.29, 0.717) is 22.4 Å². The zero-order valence-electron chi connectivity index (χ0n) is 13.2. The summed E-state index contributed by atoms with van der Waals surface area (Å²) in [5, 5.41) is 9.34. The highest BCUT2D eigenvalue weighted by Gasteiger charge is 2.49. The summed E-state index contributed by atoms with van der Waals surface area (Å²) in [5.41, 5.74) is 2.19. The minimum atomic E-state index is -0.820. The van der Waals surface area contributed by atoms with E-state index in [1.807, 2.05) is 12.1 Å². The van der Waals surface area contributed by atoms with Crippen molar-refractivity contribution in [2.24, 2.45) is 10.8 Å². The van der Waals surface area contributed by atoms with Crippen LogP contribution in [0.4, 0.5) is 0 Å². The number of benzene rings is 1. The molecule has 3 rings (SSSR count). The van der Waals surface area contributed by atoms with E-state index < -0.39 is 5.97 Å². The second-order valence-electron chi connectivity index (χ2n) is 8.08. The zero-order valence-corrected chi connectivity index (χ0v) is 13.2. The van der Waals surface area contributed by atoms with E-state index >= 15 is 0 Å². The van der Waals surface area contributed by atoms with Crippen LogP contribution in [0.25, 0.3) is 0 Å². The maximum absolute atomic E-state index is 11.4. The molecule has 21 heavy (non-hydrogen) atoms. The minimum absolute atomic E-state index is 0.393. The van der Waals surface area contributed by atoms with Gasteiger partial charge in [0, 0.05) is 19.1 Å². The maximum Gasteiger partial charge on any atom is 0.336 e. The van der Waals surface area contributed by atoms with Gasteiger partial charge >= 0.3 is 5.97 Å². The van der Waals surface area contributed by atoms with Gasteiger partial charge in [0.1, 0.15) is 0 Å². The first-order valence-corrected chi connectivity index (χ1v) is 7.83. The average molecular weight is 287 g/mol. The Morgan fingerprint density at radius 2 is 2.00 bits per heavy atom. The van der Waals surface area contributed by atoms with Gasteiger partial charge < -0.3 is 5.11 Å². The Morgan fingerprint density at radius 3 is 2.71 bits per heavy atom. The third-order valence-electron chi connectivity index (χ3n) is 5.14. The van der Waals surface area contributed by atoms with Crippen molar-refractivity contribution in [3.63, 3.8) is 0 Å². The van der Waals surface area contributed by atoms with Crippen molar-refractivity contribution < 1.29 is 9.90 Å². The van der Waals surface area contributed by atoms with Crippen LogP contribution in [0, 0.1) is 10.8 Å². The molecule has 3 nitrogen and oxygen atoms in total. The lowest BCUT2D eigenvalue weighted by Crippen LogP contribution is -2.34. The highest BCUT2D eigenvalue weighted by atomic mass is 16.4. The van der Waals surface area contributed by atoms with Gasteiger partial charge in [-0.3, -0.25) is 4.90 Å². The van der Waals surface area contributed by atoms with Crippen LogP contribution in [0.3, 0.4) is 0 Å². The first-order valence-electron chi connectivity index (χ1n) is 7.83. The largest absolute Gasteiger partial charge is 0.478 e. The van der Waals surface area contributed by atoms with Crippen LogP contribution in [0.5, 0.6) is 0 Å². The molecule has 0 spiro atoms. The Balaban J connectivity index is 1.83. The molecular weight excluding hydrogens is 262 g/mol. The van der Waals surface area contributed by atoms with Crippen molar-refractivity contribution in [3.8, 4) is 0 Å². The standard InChI is InChI=1S/C18H25NO2/c1-17(2)8-14-9-18(3,11-17)12-19(14)10-13-6-4-5-7-15(13)16(20)21/h4-7,14H,8-12H2,1-3H3,(H,20,21). The lowest BCUT2D eigenvalue weighted by atomic mass is 9.65. The van der Waals surface area contributed by atoms with Crippen LogP contribution in [0.1, 0.15) is 56.0 Å². The molecule has 1 aromatic carbocycles. The SMILES string of the molecule is CC1(C)CC2CC(C)(CN2Cc2ccccc2C(=O)O)C1. The first-order chi connectivity index (χ1) is 9.78. The third kappa shape index (κ3) is 2.84. The molecule has 2 aliphatic rings. The number of hydrogen-bond acceptors (Lipinski definition) is 2. The van der Waals surface area contributed by atoms with Crippen molar-refractivity contribution in [1.29, 1.82) is 0 Å². The zero-order chi connectivity index (χ0) is 15.3. The smallest absolute Gasteiger partial charge is 0.336 e. The number of carboxylic acid groups (broad SMARTS) is 1. The van der Waals surface area contributed by atoms with Crippen molar-refractivity contribution in [3.05, 3.63) is 35.4 Å². The summed E-state index contributed by atoms with van der Waals surface area (Å²) in [6, 6.07) is 8.01. The average Bonchev–Trinajstić information content (AvgIpc) is 2.58. The molecule has 1 aliphatic heterocycles. The predicted molar refractivity (Wildman–Crippen MR) is 83.3 cm³/mol. The third-order valence-corrected chi connectivity index (χ3v) is 5.14. The van der Waals surface area contributed by atoms with Crippen molar-refractivity contribution in [2.75, 3.05) is 6.54 Å². The number of likely N-dealkylation sites (tertiary alicyclic amines) is 1. The lowest BCUT2D eigenvalue weighted by Gasteiger charge is -2.40. The highest BCUT2D eigenvalue weighted by Crippen LogP contribution is 2.52. The van der Waals surface area contributed by atoms with E-state index in [4.69, 9.17) is 0 Å². The van der Waals surface area contributed by atoms with Gasteiger partial charge in [0.2, 0.25) is 0 Å². The van der Waals surface area contributed by atoms with Gasteiger partial charge in [-0.2, -0.15) is 0 Å². The summed E-state index contributed by atoms with van der Waals surface area (Å²) < 4.78 is 0. The molecule has 0 aromatic heterocycles. The van der Waals surface area contributed by atoms with E-state index in [1.165, 1.54) is 19.3 Å². The topological polar surface area (TPSA) is 40.5 Å². The van der Waals surface area contributed by atoms with Crippen molar-refractivity contribution in [1.82, 2.24) is 4.90 Å². The summed E-state index contributed by atoms with van der Waals surface area (Å²) in [5.74, 6) is -0.820. The van der Waals surface area contributed by atoms with E-state index in [2.05, 4.69) is 25.7 Å².